The van der Waals surface area contributed by atoms with E-state index in [2.05, 4.69) is 4.74 Å². The highest BCUT2D eigenvalue weighted by Gasteiger charge is 2.13. The van der Waals surface area contributed by atoms with E-state index in [1.807, 2.05) is 13.8 Å². The molecule has 66 valence electrons. The maximum absolute atomic E-state index is 10.8. The first-order chi connectivity index (χ1) is 5.07. The summed E-state index contributed by atoms with van der Waals surface area (Å²) in [5, 5.41) is 0. The molecule has 1 atom stereocenters. The lowest BCUT2D eigenvalue weighted by Gasteiger charge is -2.11. The quantitative estimate of drug-likeness (QED) is 0.580. The number of rotatable bonds is 4. The Morgan fingerprint density at radius 2 is 1.91 bits per heavy atom. The largest absolute Gasteiger partial charge is 0.469 e. The van der Waals surface area contributed by atoms with Gasteiger partial charge in [-0.2, -0.15) is 0 Å². The monoisotopic (exact) mass is 160 g/mol. The number of carbonyl (C=O) groups is 1. The molecule has 0 bridgehead atoms. The van der Waals surface area contributed by atoms with Gasteiger partial charge in [0.05, 0.1) is 25.7 Å². The standard InChI is InChI=1S/C8H16O3/c1-6(2)11-5-7(3)8(9)10-4/h6-7H,5H2,1-4H3. The van der Waals surface area contributed by atoms with E-state index in [9.17, 15) is 4.79 Å². The Balaban J connectivity index is 3.52. The molecule has 0 saturated heterocycles. The van der Waals surface area contributed by atoms with Gasteiger partial charge in [-0.15, -0.1) is 0 Å². The maximum atomic E-state index is 10.8. The van der Waals surface area contributed by atoms with Crippen molar-refractivity contribution in [1.82, 2.24) is 0 Å². The molecule has 0 heterocycles. The SMILES string of the molecule is COC(=O)C(C)COC(C)C. The third-order valence-corrected chi connectivity index (χ3v) is 1.28. The Hall–Kier alpha value is -0.570. The van der Waals surface area contributed by atoms with Crippen molar-refractivity contribution in [1.29, 1.82) is 0 Å². The van der Waals surface area contributed by atoms with E-state index in [0.717, 1.165) is 0 Å². The fourth-order valence-corrected chi connectivity index (χ4v) is 0.606. The molecule has 0 radical (unpaired) electrons. The van der Waals surface area contributed by atoms with Crippen LogP contribution in [0.4, 0.5) is 0 Å². The predicted molar refractivity (Wildman–Crippen MR) is 42.3 cm³/mol. The van der Waals surface area contributed by atoms with Crippen LogP contribution in [0.15, 0.2) is 0 Å². The van der Waals surface area contributed by atoms with Crippen LogP contribution in [-0.2, 0) is 14.3 Å². The Morgan fingerprint density at radius 1 is 1.36 bits per heavy atom. The second kappa shape index (κ2) is 5.13. The van der Waals surface area contributed by atoms with Crippen molar-refractivity contribution in [3.8, 4) is 0 Å². The molecule has 0 rings (SSSR count). The minimum absolute atomic E-state index is 0.164. The molecular formula is C8H16O3. The van der Waals surface area contributed by atoms with Crippen LogP contribution in [0.1, 0.15) is 20.8 Å². The highest BCUT2D eigenvalue weighted by molar-refractivity contribution is 5.71. The Labute approximate surface area is 67.7 Å². The average Bonchev–Trinajstić information content (AvgIpc) is 1.98. The van der Waals surface area contributed by atoms with Crippen LogP contribution in [-0.4, -0.2) is 25.8 Å². The lowest BCUT2D eigenvalue weighted by atomic mass is 10.2. The zero-order chi connectivity index (χ0) is 8.85. The van der Waals surface area contributed by atoms with Gasteiger partial charge in [0.25, 0.3) is 0 Å². The molecule has 0 aromatic heterocycles. The van der Waals surface area contributed by atoms with Gasteiger partial charge in [-0.25, -0.2) is 0 Å². The van der Waals surface area contributed by atoms with Gasteiger partial charge < -0.3 is 9.47 Å². The van der Waals surface area contributed by atoms with Crippen molar-refractivity contribution < 1.29 is 14.3 Å². The van der Waals surface area contributed by atoms with Gasteiger partial charge in [0.15, 0.2) is 0 Å². The highest BCUT2D eigenvalue weighted by Crippen LogP contribution is 2.00. The first-order valence-corrected chi connectivity index (χ1v) is 3.77. The van der Waals surface area contributed by atoms with Crippen LogP contribution in [0.5, 0.6) is 0 Å². The van der Waals surface area contributed by atoms with Gasteiger partial charge in [0, 0.05) is 0 Å². The molecule has 0 N–H and O–H groups in total. The van der Waals surface area contributed by atoms with Crippen LogP contribution < -0.4 is 0 Å². The molecule has 11 heavy (non-hydrogen) atoms. The van der Waals surface area contributed by atoms with Crippen molar-refractivity contribution in [3.05, 3.63) is 0 Å². The van der Waals surface area contributed by atoms with Crippen molar-refractivity contribution in [2.24, 2.45) is 5.92 Å². The summed E-state index contributed by atoms with van der Waals surface area (Å²) in [6, 6.07) is 0. The minimum Gasteiger partial charge on any atom is -0.469 e. The van der Waals surface area contributed by atoms with Gasteiger partial charge in [-0.1, -0.05) is 0 Å². The smallest absolute Gasteiger partial charge is 0.310 e. The topological polar surface area (TPSA) is 35.5 Å². The average molecular weight is 160 g/mol. The number of methoxy groups -OCH3 is 1. The third kappa shape index (κ3) is 4.79. The number of ether oxygens (including phenoxy) is 2. The Bertz CT molecular complexity index is 121. The second-order valence-corrected chi connectivity index (χ2v) is 2.81. The van der Waals surface area contributed by atoms with E-state index in [-0.39, 0.29) is 18.0 Å². The van der Waals surface area contributed by atoms with E-state index in [1.54, 1.807) is 6.92 Å². The summed E-state index contributed by atoms with van der Waals surface area (Å²) in [5.74, 6) is -0.381. The van der Waals surface area contributed by atoms with Crippen LogP contribution in [0, 0.1) is 5.92 Å². The van der Waals surface area contributed by atoms with Gasteiger partial charge in [0.2, 0.25) is 0 Å². The van der Waals surface area contributed by atoms with E-state index in [0.29, 0.717) is 6.61 Å². The second-order valence-electron chi connectivity index (χ2n) is 2.81. The molecule has 0 fully saturated rings. The number of esters is 1. The van der Waals surface area contributed by atoms with Crippen LogP contribution in [0.25, 0.3) is 0 Å². The predicted octanol–water partition coefficient (Wildman–Crippen LogP) is 1.22. The van der Waals surface area contributed by atoms with Crippen molar-refractivity contribution in [2.45, 2.75) is 26.9 Å². The van der Waals surface area contributed by atoms with Gasteiger partial charge >= 0.3 is 5.97 Å². The zero-order valence-electron chi connectivity index (χ0n) is 7.59. The number of hydrogen-bond donors (Lipinski definition) is 0. The molecular weight excluding hydrogens is 144 g/mol. The first-order valence-electron chi connectivity index (χ1n) is 3.77. The molecule has 0 aliphatic rings. The van der Waals surface area contributed by atoms with E-state index in [4.69, 9.17) is 4.74 Å². The van der Waals surface area contributed by atoms with Crippen molar-refractivity contribution in [2.75, 3.05) is 13.7 Å². The normalized spacial score (nSPS) is 13.2. The summed E-state index contributed by atoms with van der Waals surface area (Å²) in [4.78, 5) is 10.8. The fourth-order valence-electron chi connectivity index (χ4n) is 0.606. The van der Waals surface area contributed by atoms with Gasteiger partial charge in [-0.3, -0.25) is 4.79 Å². The summed E-state index contributed by atoms with van der Waals surface area (Å²) >= 11 is 0. The van der Waals surface area contributed by atoms with Crippen LogP contribution in [0.3, 0.4) is 0 Å². The summed E-state index contributed by atoms with van der Waals surface area (Å²) in [7, 11) is 1.38. The number of hydrogen-bond acceptors (Lipinski definition) is 3. The summed E-state index contributed by atoms with van der Waals surface area (Å²) in [6.45, 7) is 6.09. The Kier molecular flexibility index (Phi) is 4.86. The lowest BCUT2D eigenvalue weighted by molar-refractivity contribution is -0.147. The van der Waals surface area contributed by atoms with E-state index >= 15 is 0 Å². The highest BCUT2D eigenvalue weighted by atomic mass is 16.5. The van der Waals surface area contributed by atoms with Gasteiger partial charge in [0.1, 0.15) is 0 Å². The molecule has 0 spiro atoms. The molecule has 0 aliphatic carbocycles. The summed E-state index contributed by atoms with van der Waals surface area (Å²) in [5.41, 5.74) is 0. The molecule has 0 aromatic carbocycles. The zero-order valence-corrected chi connectivity index (χ0v) is 7.59. The number of carbonyl (C=O) groups excluding carboxylic acids is 1. The first kappa shape index (κ1) is 10.4. The van der Waals surface area contributed by atoms with Crippen LogP contribution in [0.2, 0.25) is 0 Å². The molecule has 3 nitrogen and oxygen atoms in total. The lowest BCUT2D eigenvalue weighted by Crippen LogP contribution is -2.20. The summed E-state index contributed by atoms with van der Waals surface area (Å²) in [6.07, 6.45) is 0.169. The van der Waals surface area contributed by atoms with Crippen LogP contribution >= 0.6 is 0 Å². The van der Waals surface area contributed by atoms with E-state index < -0.39 is 0 Å². The van der Waals surface area contributed by atoms with E-state index in [1.165, 1.54) is 7.11 Å². The van der Waals surface area contributed by atoms with Crippen molar-refractivity contribution >= 4 is 5.97 Å². The van der Waals surface area contributed by atoms with Gasteiger partial charge in [-0.05, 0) is 20.8 Å². The Morgan fingerprint density at radius 3 is 2.27 bits per heavy atom. The molecule has 0 aromatic rings. The fraction of sp³-hybridized carbons (Fsp3) is 0.875. The third-order valence-electron chi connectivity index (χ3n) is 1.28. The molecule has 0 saturated carbocycles. The minimum atomic E-state index is -0.217. The van der Waals surface area contributed by atoms with Crippen molar-refractivity contribution in [3.63, 3.8) is 0 Å². The molecule has 0 amide bonds. The molecule has 0 aliphatic heterocycles. The summed E-state index contributed by atoms with van der Waals surface area (Å²) < 4.78 is 9.75. The molecule has 1 unspecified atom stereocenters. The maximum Gasteiger partial charge on any atom is 0.310 e. The molecule has 3 heteroatoms.